The van der Waals surface area contributed by atoms with Crippen molar-refractivity contribution >= 4 is 58.3 Å². The molecule has 0 aliphatic heterocycles. The van der Waals surface area contributed by atoms with Gasteiger partial charge in [0.25, 0.3) is 0 Å². The molecule has 0 fully saturated rings. The van der Waals surface area contributed by atoms with E-state index in [-0.39, 0.29) is 10.8 Å². The van der Waals surface area contributed by atoms with Crippen LogP contribution in [-0.2, 0) is 16.2 Å². The number of hydrogen-bond acceptors (Lipinski definition) is 2. The first-order chi connectivity index (χ1) is 43.7. The van der Waals surface area contributed by atoms with E-state index in [1.54, 1.807) is 0 Å². The number of para-hydroxylation sites is 4. The van der Waals surface area contributed by atoms with Crippen LogP contribution in [0.3, 0.4) is 0 Å². The maximum Gasteiger partial charge on any atom is 0.0677 e. The number of anilines is 5. The van der Waals surface area contributed by atoms with Crippen molar-refractivity contribution in [3.8, 4) is 22.3 Å². The van der Waals surface area contributed by atoms with E-state index < -0.39 is 5.41 Å². The van der Waals surface area contributed by atoms with E-state index in [1.807, 2.05) is 0 Å². The van der Waals surface area contributed by atoms with Gasteiger partial charge >= 0.3 is 0 Å². The van der Waals surface area contributed by atoms with Gasteiger partial charge in [-0.3, -0.25) is 0 Å². The van der Waals surface area contributed by atoms with E-state index in [2.05, 4.69) is 344 Å². The Kier molecular flexibility index (Phi) is 14.9. The average Bonchev–Trinajstić information content (AvgIpc) is 1.54. The maximum absolute atomic E-state index is 4.70. The molecule has 0 heterocycles. The number of benzene rings is 10. The second-order valence-corrected chi connectivity index (χ2v) is 26.4. The van der Waals surface area contributed by atoms with Crippen LogP contribution in [0.5, 0.6) is 0 Å². The zero-order valence-corrected chi connectivity index (χ0v) is 53.3. The zero-order chi connectivity index (χ0) is 61.9. The summed E-state index contributed by atoms with van der Waals surface area (Å²) in [5.74, 6) is 0. The Morgan fingerprint density at radius 3 is 1.32 bits per heavy atom. The van der Waals surface area contributed by atoms with Crippen LogP contribution in [-0.4, -0.2) is 0 Å². The molecule has 0 saturated carbocycles. The minimum absolute atomic E-state index is 0.197. The summed E-state index contributed by atoms with van der Waals surface area (Å²) in [6.45, 7) is 23.1. The molecule has 4 aliphatic rings. The Morgan fingerprint density at radius 2 is 0.833 bits per heavy atom. The highest BCUT2D eigenvalue weighted by molar-refractivity contribution is 5.91. The second-order valence-electron chi connectivity index (χ2n) is 26.4. The fourth-order valence-corrected chi connectivity index (χ4v) is 14.9. The molecule has 0 aromatic heterocycles. The highest BCUT2D eigenvalue weighted by Crippen LogP contribution is 2.59. The molecule has 1 unspecified atom stereocenters. The fourth-order valence-electron chi connectivity index (χ4n) is 14.9. The molecule has 10 aromatic rings. The Labute approximate surface area is 534 Å². The first-order valence-electron chi connectivity index (χ1n) is 32.1. The summed E-state index contributed by atoms with van der Waals surface area (Å²) in [7, 11) is 0. The number of aryl methyl sites for hydroxylation is 4. The van der Waals surface area contributed by atoms with Gasteiger partial charge in [0.1, 0.15) is 0 Å². The largest absolute Gasteiger partial charge is 0.310 e. The third-order valence-corrected chi connectivity index (χ3v) is 19.8. The maximum atomic E-state index is 4.70. The molecule has 0 N–H and O–H groups in total. The van der Waals surface area contributed by atoms with Gasteiger partial charge < -0.3 is 9.80 Å². The van der Waals surface area contributed by atoms with Crippen molar-refractivity contribution in [2.45, 2.75) is 90.9 Å². The Morgan fingerprint density at radius 1 is 0.411 bits per heavy atom. The fraction of sp³-hybridized carbons (Fsp3) is 0.159. The van der Waals surface area contributed by atoms with Gasteiger partial charge in [-0.2, -0.15) is 0 Å². The van der Waals surface area contributed by atoms with Gasteiger partial charge in [-0.1, -0.05) is 264 Å². The Bertz CT molecular complexity index is 4610. The summed E-state index contributed by atoms with van der Waals surface area (Å²) in [5, 5.41) is 0. The Balaban J connectivity index is 0.786. The molecule has 0 saturated heterocycles. The second kappa shape index (κ2) is 23.2. The number of allylic oxidation sites excluding steroid dienone is 8. The van der Waals surface area contributed by atoms with Crippen LogP contribution < -0.4 is 9.80 Å². The molecule has 1 atom stereocenters. The van der Waals surface area contributed by atoms with Gasteiger partial charge in [-0.05, 0) is 218 Å². The normalized spacial score (nSPS) is 17.7. The monoisotopic (exact) mass is 1160 g/mol. The van der Waals surface area contributed by atoms with Crippen LogP contribution in [0.25, 0.3) is 52.1 Å². The SMILES string of the molecule is C=C1/C=C\C(N(c2ccccc2C)c2ccccc2C)=C/CC(C)(C)c2cc(/C=C/c3ccc4c(c3)C(C3=CC=CCC3)(c3ccccc3)c3cc(/C=C/c5ccc6c(c5)C(C)(C)c5cc(N(c7ccccc7C)c7ccccc7C)ccc5-6)ccc3-4)ccc21. The lowest BCUT2D eigenvalue weighted by molar-refractivity contribution is 0.531. The molecule has 0 spiro atoms. The van der Waals surface area contributed by atoms with Crippen molar-refractivity contribution in [2.24, 2.45) is 0 Å². The molecule has 2 heteroatoms. The molecule has 440 valence electrons. The average molecular weight is 1160 g/mol. The van der Waals surface area contributed by atoms with Gasteiger partial charge in [-0.15, -0.1) is 0 Å². The van der Waals surface area contributed by atoms with Gasteiger partial charge in [0.05, 0.1) is 5.41 Å². The van der Waals surface area contributed by atoms with Crippen LogP contribution in [0, 0.1) is 27.7 Å². The van der Waals surface area contributed by atoms with Crippen molar-refractivity contribution in [2.75, 3.05) is 9.80 Å². The summed E-state index contributed by atoms with van der Waals surface area (Å²) < 4.78 is 0. The predicted molar refractivity (Wildman–Crippen MR) is 386 cm³/mol. The third kappa shape index (κ3) is 10.1. The molecular formula is C88H78N2. The third-order valence-electron chi connectivity index (χ3n) is 19.8. The molecule has 0 radical (unpaired) electrons. The standard InChI is InChI=1S/C88H78N2/c1-59-36-45-70(89(82-32-20-16-24-60(82)2)83-33-21-17-25-61(83)3)52-53-86(6,7)77-54-64(41-47-72(59)77)37-39-66-43-49-75-76-50-44-67(57-81(76)88(80(75)56-66,68-28-12-10-13-29-68)69-30-14-11-15-31-69)40-38-65-42-48-73-74-51-46-71(58-79(74)87(8,9)78(73)55-65)90(84-34-22-18-26-62(84)4)85-35-23-19-27-63(85)5/h10-14,16-30,32-52,54-58H,1,15,31,53H2,2-9H3/b39-37+,40-38+,45-36-,70-52+. The van der Waals surface area contributed by atoms with Gasteiger partial charge in [-0.25, -0.2) is 0 Å². The molecule has 0 bridgehead atoms. The van der Waals surface area contributed by atoms with Gasteiger partial charge in [0.15, 0.2) is 0 Å². The highest BCUT2D eigenvalue weighted by Gasteiger charge is 2.47. The van der Waals surface area contributed by atoms with E-state index in [1.165, 1.54) is 140 Å². The van der Waals surface area contributed by atoms with Crippen LogP contribution in [0.4, 0.5) is 28.4 Å². The smallest absolute Gasteiger partial charge is 0.0677 e. The molecule has 90 heavy (non-hydrogen) atoms. The van der Waals surface area contributed by atoms with Crippen molar-refractivity contribution in [3.05, 3.63) is 356 Å². The van der Waals surface area contributed by atoms with E-state index in [0.29, 0.717) is 0 Å². The molecule has 0 amide bonds. The van der Waals surface area contributed by atoms with Crippen LogP contribution in [0.2, 0.25) is 0 Å². The van der Waals surface area contributed by atoms with E-state index in [0.717, 1.165) is 30.5 Å². The first-order valence-corrected chi connectivity index (χ1v) is 32.1. The lowest BCUT2D eigenvalue weighted by Crippen LogP contribution is -2.30. The van der Waals surface area contributed by atoms with Crippen molar-refractivity contribution in [1.82, 2.24) is 0 Å². The predicted octanol–water partition coefficient (Wildman–Crippen LogP) is 23.6. The van der Waals surface area contributed by atoms with E-state index in [9.17, 15) is 0 Å². The summed E-state index contributed by atoms with van der Waals surface area (Å²) >= 11 is 0. The molecular weight excluding hydrogens is 1080 g/mol. The summed E-state index contributed by atoms with van der Waals surface area (Å²) in [4.78, 5) is 4.86. The minimum Gasteiger partial charge on any atom is -0.310 e. The van der Waals surface area contributed by atoms with Crippen LogP contribution in [0.15, 0.2) is 273 Å². The summed E-state index contributed by atoms with van der Waals surface area (Å²) in [6.07, 6.45) is 26.0. The van der Waals surface area contributed by atoms with Crippen LogP contribution >= 0.6 is 0 Å². The molecule has 14 rings (SSSR count). The lowest BCUT2D eigenvalue weighted by Gasteiger charge is -2.37. The number of rotatable bonds is 12. The van der Waals surface area contributed by atoms with E-state index in [4.69, 9.17) is 6.58 Å². The van der Waals surface area contributed by atoms with Gasteiger partial charge in [0, 0.05) is 39.5 Å². The molecule has 10 aromatic carbocycles. The number of hydrogen-bond donors (Lipinski definition) is 0. The number of fused-ring (bicyclic) bond motifs is 7. The lowest BCUT2D eigenvalue weighted by atomic mass is 9.65. The van der Waals surface area contributed by atoms with Crippen molar-refractivity contribution < 1.29 is 0 Å². The highest BCUT2D eigenvalue weighted by atomic mass is 15.2. The first kappa shape index (κ1) is 57.7. The topological polar surface area (TPSA) is 6.48 Å². The quantitative estimate of drug-likeness (QED) is 0.113. The van der Waals surface area contributed by atoms with Crippen molar-refractivity contribution in [1.29, 1.82) is 0 Å². The summed E-state index contributed by atoms with van der Waals surface area (Å²) in [6, 6.07) is 81.7. The summed E-state index contributed by atoms with van der Waals surface area (Å²) in [5.41, 5.74) is 32.6. The number of nitrogens with zero attached hydrogens (tertiary/aromatic N) is 2. The van der Waals surface area contributed by atoms with E-state index >= 15 is 0 Å². The van der Waals surface area contributed by atoms with Gasteiger partial charge in [0.2, 0.25) is 0 Å². The molecule has 2 nitrogen and oxygen atoms in total. The minimum atomic E-state index is -0.486. The van der Waals surface area contributed by atoms with Crippen molar-refractivity contribution in [3.63, 3.8) is 0 Å². The zero-order valence-electron chi connectivity index (χ0n) is 53.3. The van der Waals surface area contributed by atoms with Crippen LogP contribution in [0.1, 0.15) is 130 Å². The Hall–Kier alpha value is -10.0. The molecule has 4 aliphatic carbocycles.